The largest absolute Gasteiger partial charge is 0.465 e. The molecular formula is C15H15F2NO2S. The van der Waals surface area contributed by atoms with Gasteiger partial charge in [0.1, 0.15) is 0 Å². The first kappa shape index (κ1) is 15.4. The molecular weight excluding hydrogens is 296 g/mol. The van der Waals surface area contributed by atoms with E-state index in [0.29, 0.717) is 6.54 Å². The molecule has 112 valence electrons. The summed E-state index contributed by atoms with van der Waals surface area (Å²) in [4.78, 5) is 12.4. The van der Waals surface area contributed by atoms with Gasteiger partial charge in [0.15, 0.2) is 11.6 Å². The SMILES string of the molecule is CCc1ccsc1CNc1ccc(C(=O)OC)c(F)c1F. The summed E-state index contributed by atoms with van der Waals surface area (Å²) in [5.41, 5.74) is 0.793. The monoisotopic (exact) mass is 311 g/mol. The van der Waals surface area contributed by atoms with Gasteiger partial charge in [-0.15, -0.1) is 11.3 Å². The van der Waals surface area contributed by atoms with Crippen LogP contribution in [0.15, 0.2) is 23.6 Å². The maximum absolute atomic E-state index is 13.9. The summed E-state index contributed by atoms with van der Waals surface area (Å²) in [6.07, 6.45) is 0.888. The average molecular weight is 311 g/mol. The number of ether oxygens (including phenoxy) is 1. The predicted molar refractivity (Wildman–Crippen MR) is 78.7 cm³/mol. The third kappa shape index (κ3) is 3.21. The van der Waals surface area contributed by atoms with E-state index in [0.717, 1.165) is 18.4 Å². The Labute approximate surface area is 125 Å². The Morgan fingerprint density at radius 3 is 2.71 bits per heavy atom. The molecule has 0 radical (unpaired) electrons. The van der Waals surface area contributed by atoms with Gasteiger partial charge in [0.25, 0.3) is 0 Å². The molecule has 0 saturated carbocycles. The molecule has 3 nitrogen and oxygen atoms in total. The average Bonchev–Trinajstić information content (AvgIpc) is 2.95. The second kappa shape index (κ2) is 6.67. The van der Waals surface area contributed by atoms with Gasteiger partial charge >= 0.3 is 5.97 Å². The van der Waals surface area contributed by atoms with Crippen LogP contribution < -0.4 is 5.32 Å². The molecule has 1 N–H and O–H groups in total. The number of esters is 1. The van der Waals surface area contributed by atoms with E-state index in [2.05, 4.69) is 10.1 Å². The van der Waals surface area contributed by atoms with Crippen molar-refractivity contribution in [3.05, 3.63) is 51.2 Å². The fourth-order valence-corrected chi connectivity index (χ4v) is 2.88. The van der Waals surface area contributed by atoms with Crippen LogP contribution in [0.1, 0.15) is 27.7 Å². The highest BCUT2D eigenvalue weighted by Gasteiger charge is 2.19. The van der Waals surface area contributed by atoms with Crippen LogP contribution in [0.2, 0.25) is 0 Å². The van der Waals surface area contributed by atoms with Crippen LogP contribution in [-0.2, 0) is 17.7 Å². The van der Waals surface area contributed by atoms with Gasteiger partial charge in [-0.25, -0.2) is 13.6 Å². The molecule has 2 rings (SSSR count). The minimum Gasteiger partial charge on any atom is -0.465 e. The molecule has 2 aromatic rings. The van der Waals surface area contributed by atoms with Crippen molar-refractivity contribution in [3.63, 3.8) is 0 Å². The lowest BCUT2D eigenvalue weighted by atomic mass is 10.1. The van der Waals surface area contributed by atoms with Gasteiger partial charge in [0.05, 0.1) is 18.4 Å². The molecule has 1 aromatic carbocycles. The molecule has 0 aliphatic rings. The highest BCUT2D eigenvalue weighted by Crippen LogP contribution is 2.24. The Hall–Kier alpha value is -1.95. The number of methoxy groups -OCH3 is 1. The third-order valence-corrected chi connectivity index (χ3v) is 4.11. The van der Waals surface area contributed by atoms with Gasteiger partial charge in [0.2, 0.25) is 0 Å². The van der Waals surface area contributed by atoms with E-state index in [9.17, 15) is 13.6 Å². The van der Waals surface area contributed by atoms with Gasteiger partial charge in [0, 0.05) is 11.4 Å². The first-order valence-electron chi connectivity index (χ1n) is 6.43. The minimum atomic E-state index is -1.20. The van der Waals surface area contributed by atoms with Crippen molar-refractivity contribution in [1.29, 1.82) is 0 Å². The molecule has 0 bridgehead atoms. The van der Waals surface area contributed by atoms with Crippen LogP contribution in [0.25, 0.3) is 0 Å². The second-order valence-electron chi connectivity index (χ2n) is 4.36. The minimum absolute atomic E-state index is 0.0237. The first-order chi connectivity index (χ1) is 10.1. The number of carbonyl (C=O) groups excluding carboxylic acids is 1. The van der Waals surface area contributed by atoms with Gasteiger partial charge < -0.3 is 10.1 Å². The molecule has 0 unspecified atom stereocenters. The van der Waals surface area contributed by atoms with Crippen molar-refractivity contribution in [3.8, 4) is 0 Å². The molecule has 1 heterocycles. The van der Waals surface area contributed by atoms with Crippen LogP contribution in [0.4, 0.5) is 14.5 Å². The van der Waals surface area contributed by atoms with Crippen molar-refractivity contribution >= 4 is 23.0 Å². The van der Waals surface area contributed by atoms with Crippen molar-refractivity contribution < 1.29 is 18.3 Å². The van der Waals surface area contributed by atoms with E-state index in [1.165, 1.54) is 17.7 Å². The molecule has 0 fully saturated rings. The van der Waals surface area contributed by atoms with Crippen LogP contribution in [0.3, 0.4) is 0 Å². The summed E-state index contributed by atoms with van der Waals surface area (Å²) in [6.45, 7) is 2.45. The fourth-order valence-electron chi connectivity index (χ4n) is 1.97. The Balaban J connectivity index is 2.18. The smallest absolute Gasteiger partial charge is 0.340 e. The lowest BCUT2D eigenvalue weighted by molar-refractivity contribution is 0.0594. The lowest BCUT2D eigenvalue weighted by Crippen LogP contribution is -2.09. The number of aryl methyl sites for hydroxylation is 1. The summed E-state index contributed by atoms with van der Waals surface area (Å²) in [6, 6.07) is 4.56. The van der Waals surface area contributed by atoms with E-state index >= 15 is 0 Å². The van der Waals surface area contributed by atoms with Crippen LogP contribution in [-0.4, -0.2) is 13.1 Å². The van der Waals surface area contributed by atoms with E-state index in [-0.39, 0.29) is 5.69 Å². The highest BCUT2D eigenvalue weighted by molar-refractivity contribution is 7.10. The van der Waals surface area contributed by atoms with Gasteiger partial charge in [-0.1, -0.05) is 6.92 Å². The standard InChI is InChI=1S/C15H15F2NO2S/c1-3-9-6-7-21-12(9)8-18-11-5-4-10(15(19)20-2)13(16)14(11)17/h4-7,18H,3,8H2,1-2H3. The summed E-state index contributed by atoms with van der Waals surface area (Å²) in [5, 5.41) is 4.82. The number of carbonyl (C=O) groups is 1. The number of rotatable bonds is 5. The molecule has 0 atom stereocenters. The number of anilines is 1. The quantitative estimate of drug-likeness (QED) is 0.849. The van der Waals surface area contributed by atoms with Gasteiger partial charge in [-0.3, -0.25) is 0 Å². The zero-order valence-corrected chi connectivity index (χ0v) is 12.5. The van der Waals surface area contributed by atoms with E-state index in [1.54, 1.807) is 11.3 Å². The Bertz CT molecular complexity index is 655. The molecule has 1 aromatic heterocycles. The topological polar surface area (TPSA) is 38.3 Å². The van der Waals surface area contributed by atoms with Crippen molar-refractivity contribution in [2.24, 2.45) is 0 Å². The number of benzene rings is 1. The Morgan fingerprint density at radius 1 is 1.29 bits per heavy atom. The van der Waals surface area contributed by atoms with Crippen molar-refractivity contribution in [2.45, 2.75) is 19.9 Å². The summed E-state index contributed by atoms with van der Waals surface area (Å²) >= 11 is 1.56. The molecule has 0 aliphatic heterocycles. The zero-order chi connectivity index (χ0) is 15.4. The summed E-state index contributed by atoms with van der Waals surface area (Å²) < 4.78 is 32.1. The Kier molecular flexibility index (Phi) is 4.90. The third-order valence-electron chi connectivity index (χ3n) is 3.15. The lowest BCUT2D eigenvalue weighted by Gasteiger charge is -2.10. The van der Waals surface area contributed by atoms with Gasteiger partial charge in [-0.2, -0.15) is 0 Å². The maximum atomic E-state index is 13.9. The number of hydrogen-bond acceptors (Lipinski definition) is 4. The van der Waals surface area contributed by atoms with Crippen molar-refractivity contribution in [1.82, 2.24) is 0 Å². The van der Waals surface area contributed by atoms with E-state index < -0.39 is 23.2 Å². The molecule has 0 aliphatic carbocycles. The van der Waals surface area contributed by atoms with Crippen molar-refractivity contribution in [2.75, 3.05) is 12.4 Å². The molecule has 21 heavy (non-hydrogen) atoms. The summed E-state index contributed by atoms with van der Waals surface area (Å²) in [7, 11) is 1.12. The fraction of sp³-hybridized carbons (Fsp3) is 0.267. The first-order valence-corrected chi connectivity index (χ1v) is 7.31. The van der Waals surface area contributed by atoms with E-state index in [4.69, 9.17) is 0 Å². The van der Waals surface area contributed by atoms with Crippen LogP contribution in [0, 0.1) is 11.6 Å². The molecule has 0 saturated heterocycles. The number of hydrogen-bond donors (Lipinski definition) is 1. The van der Waals surface area contributed by atoms with Crippen LogP contribution in [0.5, 0.6) is 0 Å². The van der Waals surface area contributed by atoms with Crippen LogP contribution >= 0.6 is 11.3 Å². The predicted octanol–water partition coefficient (Wildman–Crippen LogP) is 3.99. The highest BCUT2D eigenvalue weighted by atomic mass is 32.1. The van der Waals surface area contributed by atoms with Gasteiger partial charge in [-0.05, 0) is 35.6 Å². The normalized spacial score (nSPS) is 10.5. The number of thiophene rings is 1. The summed E-state index contributed by atoms with van der Waals surface area (Å²) in [5.74, 6) is -3.18. The number of halogens is 2. The number of nitrogens with one attached hydrogen (secondary N) is 1. The molecule has 0 amide bonds. The Morgan fingerprint density at radius 2 is 2.05 bits per heavy atom. The maximum Gasteiger partial charge on any atom is 0.340 e. The zero-order valence-electron chi connectivity index (χ0n) is 11.7. The van der Waals surface area contributed by atoms with E-state index in [1.807, 2.05) is 18.4 Å². The molecule has 0 spiro atoms. The molecule has 6 heteroatoms. The second-order valence-corrected chi connectivity index (χ2v) is 5.36.